The summed E-state index contributed by atoms with van der Waals surface area (Å²) < 4.78 is 17.6. The maximum atomic E-state index is 13.6. The minimum Gasteiger partial charge on any atom is -0.458 e. The van der Waals surface area contributed by atoms with Crippen molar-refractivity contribution in [1.82, 2.24) is 0 Å². The van der Waals surface area contributed by atoms with Crippen LogP contribution >= 0.6 is 11.8 Å². The van der Waals surface area contributed by atoms with Gasteiger partial charge in [0.2, 0.25) is 0 Å². The van der Waals surface area contributed by atoms with Crippen molar-refractivity contribution in [2.75, 3.05) is 13.4 Å². The van der Waals surface area contributed by atoms with Crippen molar-refractivity contribution in [3.63, 3.8) is 0 Å². The molecule has 0 saturated carbocycles. The van der Waals surface area contributed by atoms with Crippen molar-refractivity contribution in [3.8, 4) is 0 Å². The summed E-state index contributed by atoms with van der Waals surface area (Å²) >= 11 is 1.36. The van der Waals surface area contributed by atoms with E-state index in [1.807, 2.05) is 40.9 Å². The first-order chi connectivity index (χ1) is 15.3. The molecule has 33 heavy (non-hydrogen) atoms. The van der Waals surface area contributed by atoms with E-state index < -0.39 is 52.4 Å². The molecule has 2 aliphatic rings. The van der Waals surface area contributed by atoms with Gasteiger partial charge in [0.1, 0.15) is 17.1 Å². The Morgan fingerprint density at radius 2 is 1.67 bits per heavy atom. The predicted molar refractivity (Wildman–Crippen MR) is 128 cm³/mol. The Bertz CT molecular complexity index is 742. The van der Waals surface area contributed by atoms with Crippen LogP contribution in [0.25, 0.3) is 0 Å². The Morgan fingerprint density at radius 3 is 2.18 bits per heavy atom. The van der Waals surface area contributed by atoms with Gasteiger partial charge in [0.15, 0.2) is 5.60 Å². The zero-order valence-electron chi connectivity index (χ0n) is 21.5. The van der Waals surface area contributed by atoms with E-state index in [9.17, 15) is 19.5 Å². The van der Waals surface area contributed by atoms with Crippen molar-refractivity contribution in [3.05, 3.63) is 0 Å². The fraction of sp³-hybridized carbons (Fsp3) is 0.880. The van der Waals surface area contributed by atoms with E-state index >= 15 is 0 Å². The SMILES string of the molecule is CCC1OC(=O)C(C)C(O)C(C)CC(C)(OC)CC(C)C(=O)C(C)C2C(SC)C(=O)OC12C. The Balaban J connectivity index is 2.59. The maximum absolute atomic E-state index is 13.6. The largest absolute Gasteiger partial charge is 0.458 e. The van der Waals surface area contributed by atoms with Crippen molar-refractivity contribution < 1.29 is 33.7 Å². The van der Waals surface area contributed by atoms with E-state index in [-0.39, 0.29) is 23.6 Å². The zero-order valence-corrected chi connectivity index (χ0v) is 22.4. The van der Waals surface area contributed by atoms with Crippen LogP contribution in [0.5, 0.6) is 0 Å². The van der Waals surface area contributed by atoms with Gasteiger partial charge in [-0.15, -0.1) is 11.8 Å². The summed E-state index contributed by atoms with van der Waals surface area (Å²) in [6.45, 7) is 12.9. The van der Waals surface area contributed by atoms with Crippen LogP contribution in [0.1, 0.15) is 67.7 Å². The number of rotatable bonds is 3. The lowest BCUT2D eigenvalue weighted by molar-refractivity contribution is -0.186. The lowest BCUT2D eigenvalue weighted by atomic mass is 9.70. The van der Waals surface area contributed by atoms with Crippen LogP contribution in [0.4, 0.5) is 0 Å². The van der Waals surface area contributed by atoms with E-state index in [1.165, 1.54) is 11.8 Å². The standard InChI is InChI=1S/C25H42O7S/c1-10-17-25(7)18(21(33-9)23(29)32-25)15(4)19(26)13(2)11-24(6,30-8)12-14(3)20(27)16(5)22(28)31-17/h13-18,20-21,27H,10-12H2,1-9H3. The summed E-state index contributed by atoms with van der Waals surface area (Å²) in [5, 5.41) is 10.4. The number of carbonyl (C=O) groups is 3. The first-order valence-corrected chi connectivity index (χ1v) is 13.3. The highest BCUT2D eigenvalue weighted by molar-refractivity contribution is 7.99. The molecule has 190 valence electrons. The first kappa shape index (κ1) is 28.1. The smallest absolute Gasteiger partial charge is 0.320 e. The fourth-order valence-electron chi connectivity index (χ4n) is 5.98. The molecular weight excluding hydrogens is 444 g/mol. The second-order valence-corrected chi connectivity index (χ2v) is 11.5. The first-order valence-electron chi connectivity index (χ1n) is 12.0. The molecule has 0 radical (unpaired) electrons. The molecule has 0 aromatic carbocycles. The topological polar surface area (TPSA) is 99.1 Å². The molecule has 0 bridgehead atoms. The molecule has 10 unspecified atom stereocenters. The fourth-order valence-corrected chi connectivity index (χ4v) is 7.02. The number of Topliss-reactive ketones (excluding diaryl/α,β-unsaturated/α-hetero) is 1. The molecule has 1 N–H and O–H groups in total. The lowest BCUT2D eigenvalue weighted by Crippen LogP contribution is -2.53. The van der Waals surface area contributed by atoms with Gasteiger partial charge in [-0.25, -0.2) is 0 Å². The van der Waals surface area contributed by atoms with Gasteiger partial charge in [0.05, 0.1) is 17.6 Å². The Morgan fingerprint density at radius 1 is 1.06 bits per heavy atom. The van der Waals surface area contributed by atoms with E-state index in [1.54, 1.807) is 21.0 Å². The van der Waals surface area contributed by atoms with Crippen LogP contribution in [0.15, 0.2) is 0 Å². The van der Waals surface area contributed by atoms with Gasteiger partial charge in [-0.2, -0.15) is 0 Å². The Labute approximate surface area is 202 Å². The highest BCUT2D eigenvalue weighted by Crippen LogP contribution is 2.48. The number of hydrogen-bond donors (Lipinski definition) is 1. The Hall–Kier alpha value is -1.12. The molecule has 0 aliphatic carbocycles. The minimum atomic E-state index is -1.14. The van der Waals surface area contributed by atoms with Gasteiger partial charge in [0.25, 0.3) is 0 Å². The molecule has 0 amide bonds. The highest BCUT2D eigenvalue weighted by atomic mass is 32.2. The highest BCUT2D eigenvalue weighted by Gasteiger charge is 2.60. The van der Waals surface area contributed by atoms with Gasteiger partial charge in [-0.05, 0) is 52.2 Å². The predicted octanol–water partition coefficient (Wildman–Crippen LogP) is 3.64. The number of hydrogen-bond acceptors (Lipinski definition) is 8. The molecule has 2 saturated heterocycles. The van der Waals surface area contributed by atoms with Gasteiger partial charge in [0, 0.05) is 24.9 Å². The van der Waals surface area contributed by atoms with Gasteiger partial charge >= 0.3 is 11.9 Å². The number of aliphatic hydroxyl groups is 1. The number of esters is 2. The van der Waals surface area contributed by atoms with E-state index in [0.717, 1.165) is 0 Å². The van der Waals surface area contributed by atoms with Crippen LogP contribution in [-0.4, -0.2) is 64.9 Å². The lowest BCUT2D eigenvalue weighted by Gasteiger charge is -2.41. The molecule has 2 fully saturated rings. The summed E-state index contributed by atoms with van der Waals surface area (Å²) in [6, 6.07) is 0. The third-order valence-electron chi connectivity index (χ3n) is 7.99. The number of aliphatic hydroxyl groups excluding tert-OH is 1. The molecule has 2 aliphatic heterocycles. The second-order valence-electron chi connectivity index (χ2n) is 10.5. The summed E-state index contributed by atoms with van der Waals surface area (Å²) in [4.78, 5) is 39.6. The maximum Gasteiger partial charge on any atom is 0.320 e. The molecule has 0 aromatic rings. The molecular formula is C25H42O7S. The molecule has 0 spiro atoms. The number of carbonyl (C=O) groups excluding carboxylic acids is 3. The monoisotopic (exact) mass is 486 g/mol. The van der Waals surface area contributed by atoms with Gasteiger partial charge < -0.3 is 19.3 Å². The second kappa shape index (κ2) is 10.6. The molecule has 8 heteroatoms. The molecule has 2 rings (SSSR count). The number of ether oxygens (including phenoxy) is 3. The number of methoxy groups -OCH3 is 1. The average Bonchev–Trinajstić information content (AvgIpc) is 3.04. The molecule has 10 atom stereocenters. The quantitative estimate of drug-likeness (QED) is 0.604. The van der Waals surface area contributed by atoms with E-state index in [2.05, 4.69) is 0 Å². The molecule has 7 nitrogen and oxygen atoms in total. The van der Waals surface area contributed by atoms with Crippen LogP contribution in [0, 0.1) is 29.6 Å². The Kier molecular flexibility index (Phi) is 9.07. The van der Waals surface area contributed by atoms with Crippen molar-refractivity contribution in [2.45, 2.75) is 96.4 Å². The molecule has 2 heterocycles. The van der Waals surface area contributed by atoms with Crippen LogP contribution < -0.4 is 0 Å². The van der Waals surface area contributed by atoms with E-state index in [0.29, 0.717) is 19.3 Å². The normalized spacial score (nSPS) is 45.7. The van der Waals surface area contributed by atoms with Crippen LogP contribution in [0.3, 0.4) is 0 Å². The number of fused-ring (bicyclic) bond motifs is 1. The van der Waals surface area contributed by atoms with Crippen LogP contribution in [0.2, 0.25) is 0 Å². The summed E-state index contributed by atoms with van der Waals surface area (Å²) in [5.41, 5.74) is -1.80. The van der Waals surface area contributed by atoms with Crippen molar-refractivity contribution in [2.24, 2.45) is 29.6 Å². The summed E-state index contributed by atoms with van der Waals surface area (Å²) in [7, 11) is 1.61. The minimum absolute atomic E-state index is 0.0339. The third kappa shape index (κ3) is 5.43. The summed E-state index contributed by atoms with van der Waals surface area (Å²) in [6.07, 6.45) is 1.55. The summed E-state index contributed by atoms with van der Waals surface area (Å²) in [5.74, 6) is -3.15. The van der Waals surface area contributed by atoms with Gasteiger partial charge in [-0.3, -0.25) is 14.4 Å². The van der Waals surface area contributed by atoms with Crippen LogP contribution in [-0.2, 0) is 28.6 Å². The van der Waals surface area contributed by atoms with Gasteiger partial charge in [-0.1, -0.05) is 27.7 Å². The van der Waals surface area contributed by atoms with Crippen molar-refractivity contribution in [1.29, 1.82) is 0 Å². The van der Waals surface area contributed by atoms with E-state index in [4.69, 9.17) is 14.2 Å². The number of cyclic esters (lactones) is 1. The third-order valence-corrected chi connectivity index (χ3v) is 8.98. The number of thioether (sulfide) groups is 1. The molecule has 0 aromatic heterocycles. The average molecular weight is 487 g/mol. The zero-order chi connectivity index (χ0) is 25.3. The number of ketones is 1. The van der Waals surface area contributed by atoms with Crippen molar-refractivity contribution >= 4 is 29.5 Å².